The molecule has 1 aromatic carbocycles. The Balaban J connectivity index is 2.33. The molecule has 3 nitrogen and oxygen atoms in total. The molecule has 0 radical (unpaired) electrons. The third kappa shape index (κ3) is 2.99. The first-order valence-electron chi connectivity index (χ1n) is 6.52. The van der Waals surface area contributed by atoms with Gasteiger partial charge in [-0.2, -0.15) is 0 Å². The molecule has 2 rings (SSSR count). The van der Waals surface area contributed by atoms with Crippen LogP contribution < -0.4 is 5.73 Å². The van der Waals surface area contributed by atoms with Crippen molar-refractivity contribution in [3.05, 3.63) is 34.1 Å². The van der Waals surface area contributed by atoms with Gasteiger partial charge in [0, 0.05) is 38.2 Å². The standard InChI is InChI=1S/C14H19BrFNO2/c1-2-19-14(6-8-18-9-7-14)13(17)10-4-3-5-11(15)12(10)16/h3-5,13H,2,6-9,17H2,1H3. The first-order valence-corrected chi connectivity index (χ1v) is 7.31. The minimum atomic E-state index is -0.533. The Hall–Kier alpha value is -0.490. The molecule has 0 bridgehead atoms. The summed E-state index contributed by atoms with van der Waals surface area (Å²) < 4.78 is 25.9. The number of rotatable bonds is 4. The lowest BCUT2D eigenvalue weighted by Crippen LogP contribution is -2.48. The van der Waals surface area contributed by atoms with Crippen molar-refractivity contribution in [2.75, 3.05) is 19.8 Å². The molecular weight excluding hydrogens is 313 g/mol. The van der Waals surface area contributed by atoms with Gasteiger partial charge in [0.2, 0.25) is 0 Å². The highest BCUT2D eigenvalue weighted by atomic mass is 79.9. The van der Waals surface area contributed by atoms with Crippen LogP contribution in [0.3, 0.4) is 0 Å². The van der Waals surface area contributed by atoms with Crippen molar-refractivity contribution in [2.24, 2.45) is 5.73 Å². The van der Waals surface area contributed by atoms with Crippen LogP contribution >= 0.6 is 15.9 Å². The van der Waals surface area contributed by atoms with Gasteiger partial charge in [-0.25, -0.2) is 4.39 Å². The molecule has 1 fully saturated rings. The largest absolute Gasteiger partial charge is 0.381 e. The molecule has 0 aromatic heterocycles. The fourth-order valence-corrected chi connectivity index (χ4v) is 2.98. The fourth-order valence-electron chi connectivity index (χ4n) is 2.59. The lowest BCUT2D eigenvalue weighted by atomic mass is 9.82. The molecule has 0 aliphatic carbocycles. The van der Waals surface area contributed by atoms with E-state index in [1.807, 2.05) is 6.92 Å². The summed E-state index contributed by atoms with van der Waals surface area (Å²) in [6, 6.07) is 4.69. The molecule has 0 amide bonds. The van der Waals surface area contributed by atoms with Gasteiger partial charge in [0.1, 0.15) is 5.82 Å². The minimum Gasteiger partial charge on any atom is -0.381 e. The maximum Gasteiger partial charge on any atom is 0.142 e. The lowest BCUT2D eigenvalue weighted by Gasteiger charge is -2.41. The molecule has 1 aliphatic rings. The van der Waals surface area contributed by atoms with Crippen LogP contribution in [0.2, 0.25) is 0 Å². The van der Waals surface area contributed by atoms with Crippen LogP contribution in [0, 0.1) is 5.82 Å². The summed E-state index contributed by atoms with van der Waals surface area (Å²) >= 11 is 3.20. The maximum atomic E-state index is 14.2. The quantitative estimate of drug-likeness (QED) is 0.921. The number of hydrogen-bond acceptors (Lipinski definition) is 3. The van der Waals surface area contributed by atoms with Crippen LogP contribution in [0.5, 0.6) is 0 Å². The summed E-state index contributed by atoms with van der Waals surface area (Å²) in [6.45, 7) is 3.69. The average molecular weight is 332 g/mol. The Morgan fingerprint density at radius 3 is 2.79 bits per heavy atom. The molecule has 5 heteroatoms. The Labute approximate surface area is 121 Å². The van der Waals surface area contributed by atoms with Gasteiger partial charge in [-0.3, -0.25) is 0 Å². The summed E-state index contributed by atoms with van der Waals surface area (Å²) in [5.74, 6) is -0.305. The molecule has 106 valence electrons. The average Bonchev–Trinajstić information content (AvgIpc) is 2.42. The molecule has 1 heterocycles. The van der Waals surface area contributed by atoms with Crippen molar-refractivity contribution in [1.29, 1.82) is 0 Å². The van der Waals surface area contributed by atoms with Crippen molar-refractivity contribution in [3.63, 3.8) is 0 Å². The summed E-state index contributed by atoms with van der Waals surface area (Å²) in [5, 5.41) is 0. The first-order chi connectivity index (χ1) is 9.10. The van der Waals surface area contributed by atoms with Gasteiger partial charge in [0.05, 0.1) is 16.1 Å². The number of benzene rings is 1. The van der Waals surface area contributed by atoms with Crippen LogP contribution in [-0.2, 0) is 9.47 Å². The van der Waals surface area contributed by atoms with Gasteiger partial charge < -0.3 is 15.2 Å². The maximum absolute atomic E-state index is 14.2. The highest BCUT2D eigenvalue weighted by Gasteiger charge is 2.41. The fraction of sp³-hybridized carbons (Fsp3) is 0.571. The summed E-state index contributed by atoms with van der Waals surface area (Å²) in [7, 11) is 0. The van der Waals surface area contributed by atoms with Crippen molar-refractivity contribution in [1.82, 2.24) is 0 Å². The third-order valence-electron chi connectivity index (χ3n) is 3.65. The number of halogens is 2. The molecule has 0 saturated carbocycles. The van der Waals surface area contributed by atoms with Crippen LogP contribution in [0.25, 0.3) is 0 Å². The Morgan fingerprint density at radius 2 is 2.16 bits per heavy atom. The van der Waals surface area contributed by atoms with Crippen LogP contribution in [0.1, 0.15) is 31.4 Å². The van der Waals surface area contributed by atoms with E-state index in [2.05, 4.69) is 15.9 Å². The van der Waals surface area contributed by atoms with E-state index >= 15 is 0 Å². The second-order valence-corrected chi connectivity index (χ2v) is 5.59. The Morgan fingerprint density at radius 1 is 1.47 bits per heavy atom. The van der Waals surface area contributed by atoms with E-state index in [0.29, 0.717) is 42.7 Å². The monoisotopic (exact) mass is 331 g/mol. The first kappa shape index (κ1) is 14.9. The van der Waals surface area contributed by atoms with E-state index in [0.717, 1.165) is 0 Å². The lowest BCUT2D eigenvalue weighted by molar-refractivity contribution is -0.122. The predicted octanol–water partition coefficient (Wildman–Crippen LogP) is 3.17. The predicted molar refractivity (Wildman–Crippen MR) is 75.4 cm³/mol. The number of hydrogen-bond donors (Lipinski definition) is 1. The molecule has 1 unspecified atom stereocenters. The topological polar surface area (TPSA) is 44.5 Å². The minimum absolute atomic E-state index is 0.305. The molecule has 0 spiro atoms. The van der Waals surface area contributed by atoms with Crippen molar-refractivity contribution in [2.45, 2.75) is 31.4 Å². The number of nitrogens with two attached hydrogens (primary N) is 1. The second-order valence-electron chi connectivity index (χ2n) is 4.73. The Bertz CT molecular complexity index is 430. The zero-order valence-electron chi connectivity index (χ0n) is 11.0. The summed E-state index contributed by atoms with van der Waals surface area (Å²) in [6.07, 6.45) is 1.38. The molecule has 19 heavy (non-hydrogen) atoms. The molecule has 1 saturated heterocycles. The van der Waals surface area contributed by atoms with Crippen LogP contribution in [0.4, 0.5) is 4.39 Å². The number of ether oxygens (including phenoxy) is 2. The van der Waals surface area contributed by atoms with Crippen molar-refractivity contribution >= 4 is 15.9 Å². The van der Waals surface area contributed by atoms with Gasteiger partial charge >= 0.3 is 0 Å². The van der Waals surface area contributed by atoms with Gasteiger partial charge in [0.15, 0.2) is 0 Å². The molecule has 1 atom stereocenters. The van der Waals surface area contributed by atoms with E-state index < -0.39 is 11.6 Å². The van der Waals surface area contributed by atoms with Gasteiger partial charge in [0.25, 0.3) is 0 Å². The molecule has 2 N–H and O–H groups in total. The van der Waals surface area contributed by atoms with E-state index in [4.69, 9.17) is 15.2 Å². The SMILES string of the molecule is CCOC1(C(N)c2cccc(Br)c2F)CCOCC1. The van der Waals surface area contributed by atoms with E-state index in [1.54, 1.807) is 18.2 Å². The van der Waals surface area contributed by atoms with Crippen LogP contribution in [-0.4, -0.2) is 25.4 Å². The Kier molecular flexibility index (Phi) is 4.95. The second kappa shape index (κ2) is 6.31. The van der Waals surface area contributed by atoms with E-state index in [-0.39, 0.29) is 5.82 Å². The molecule has 1 aliphatic heterocycles. The molecule has 1 aromatic rings. The van der Waals surface area contributed by atoms with Gasteiger partial charge in [-0.15, -0.1) is 0 Å². The van der Waals surface area contributed by atoms with Crippen LogP contribution in [0.15, 0.2) is 22.7 Å². The van der Waals surface area contributed by atoms with Crippen molar-refractivity contribution < 1.29 is 13.9 Å². The van der Waals surface area contributed by atoms with Gasteiger partial charge in [-0.1, -0.05) is 12.1 Å². The molecular formula is C14H19BrFNO2. The normalized spacial score (nSPS) is 20.2. The van der Waals surface area contributed by atoms with E-state index in [1.165, 1.54) is 0 Å². The highest BCUT2D eigenvalue weighted by molar-refractivity contribution is 9.10. The zero-order valence-corrected chi connectivity index (χ0v) is 12.6. The smallest absolute Gasteiger partial charge is 0.142 e. The summed E-state index contributed by atoms with van der Waals surface area (Å²) in [5.41, 5.74) is 6.28. The van der Waals surface area contributed by atoms with Gasteiger partial charge in [-0.05, 0) is 28.9 Å². The van der Waals surface area contributed by atoms with E-state index in [9.17, 15) is 4.39 Å². The van der Waals surface area contributed by atoms with Crippen molar-refractivity contribution in [3.8, 4) is 0 Å². The zero-order chi connectivity index (χ0) is 13.9. The third-order valence-corrected chi connectivity index (χ3v) is 4.27. The summed E-state index contributed by atoms with van der Waals surface area (Å²) in [4.78, 5) is 0. The highest BCUT2D eigenvalue weighted by Crippen LogP contribution is 2.38.